The first-order valence-electron chi connectivity index (χ1n) is 13.0. The second kappa shape index (κ2) is 10.3. The third kappa shape index (κ3) is 4.97. The number of aromatic nitrogens is 4. The smallest absolute Gasteiger partial charge is 0.251 e. The van der Waals surface area contributed by atoms with Crippen molar-refractivity contribution in [2.24, 2.45) is 0 Å². The van der Waals surface area contributed by atoms with Crippen LogP contribution in [0.2, 0.25) is 0 Å². The van der Waals surface area contributed by atoms with E-state index in [0.29, 0.717) is 17.9 Å². The van der Waals surface area contributed by atoms with Gasteiger partial charge in [0.15, 0.2) is 11.6 Å². The van der Waals surface area contributed by atoms with Gasteiger partial charge >= 0.3 is 0 Å². The summed E-state index contributed by atoms with van der Waals surface area (Å²) in [6.07, 6.45) is 6.10. The number of rotatable bonds is 7. The van der Waals surface area contributed by atoms with Crippen LogP contribution in [0.4, 0.5) is 5.69 Å². The summed E-state index contributed by atoms with van der Waals surface area (Å²) in [6, 6.07) is 17.6. The molecule has 0 bridgehead atoms. The van der Waals surface area contributed by atoms with E-state index < -0.39 is 5.54 Å². The van der Waals surface area contributed by atoms with E-state index in [2.05, 4.69) is 43.8 Å². The van der Waals surface area contributed by atoms with Crippen LogP contribution in [0, 0.1) is 0 Å². The number of likely N-dealkylation sites (tertiary alicyclic amines) is 1. The Kier molecular flexibility index (Phi) is 6.51. The van der Waals surface area contributed by atoms with Crippen LogP contribution in [-0.2, 0) is 18.5 Å². The second-order valence-corrected chi connectivity index (χ2v) is 10.1. The molecule has 1 saturated heterocycles. The van der Waals surface area contributed by atoms with Gasteiger partial charge in [0.2, 0.25) is 0 Å². The lowest BCUT2D eigenvalue weighted by atomic mass is 9.86. The van der Waals surface area contributed by atoms with Crippen molar-refractivity contribution in [2.45, 2.75) is 31.3 Å². The zero-order valence-corrected chi connectivity index (χ0v) is 21.4. The Morgan fingerprint density at radius 2 is 1.95 bits per heavy atom. The number of piperidine rings is 1. The Morgan fingerprint density at radius 3 is 2.79 bits per heavy atom. The summed E-state index contributed by atoms with van der Waals surface area (Å²) in [5, 5.41) is 14.5. The Labute approximate surface area is 221 Å². The number of nitrogens with zero attached hydrogens (tertiary/aromatic N) is 4. The van der Waals surface area contributed by atoms with E-state index in [9.17, 15) is 4.79 Å². The molecule has 4 aromatic rings. The number of ether oxygens (including phenoxy) is 1. The zero-order chi connectivity index (χ0) is 26.0. The molecule has 1 amide bonds. The summed E-state index contributed by atoms with van der Waals surface area (Å²) in [5.74, 6) is 2.28. The van der Waals surface area contributed by atoms with E-state index in [-0.39, 0.29) is 5.91 Å². The number of hydrogen-bond donors (Lipinski definition) is 3. The number of H-pyrrole nitrogens is 1. The Balaban J connectivity index is 1.20. The molecule has 194 valence electrons. The molecular weight excluding hydrogens is 478 g/mol. The maximum absolute atomic E-state index is 13.0. The van der Waals surface area contributed by atoms with E-state index >= 15 is 0 Å². The first-order chi connectivity index (χ1) is 18.6. The monoisotopic (exact) mass is 509 g/mol. The fourth-order valence-electron chi connectivity index (χ4n) is 5.18. The largest absolute Gasteiger partial charge is 0.493 e. The van der Waals surface area contributed by atoms with Gasteiger partial charge in [-0.2, -0.15) is 5.10 Å². The van der Waals surface area contributed by atoms with Crippen molar-refractivity contribution in [3.63, 3.8) is 0 Å². The molecule has 3 N–H and O–H groups in total. The van der Waals surface area contributed by atoms with Crippen LogP contribution in [0.3, 0.4) is 0 Å². The molecule has 2 aliphatic heterocycles. The summed E-state index contributed by atoms with van der Waals surface area (Å²) in [6.45, 7) is 3.03. The van der Waals surface area contributed by atoms with Gasteiger partial charge in [-0.1, -0.05) is 18.2 Å². The van der Waals surface area contributed by atoms with E-state index in [1.807, 2.05) is 48.5 Å². The number of fused-ring (bicyclic) bond motifs is 1. The topological polar surface area (TPSA) is 108 Å². The Morgan fingerprint density at radius 1 is 1.11 bits per heavy atom. The number of carbonyl (C=O) groups excluding carboxylic acids is 1. The molecule has 0 spiro atoms. The lowest BCUT2D eigenvalue weighted by Gasteiger charge is -2.40. The Hall–Kier alpha value is -4.24. The first kappa shape index (κ1) is 24.1. The minimum Gasteiger partial charge on any atom is -0.493 e. The fourth-order valence-corrected chi connectivity index (χ4v) is 5.18. The molecule has 4 heterocycles. The third-order valence-corrected chi connectivity index (χ3v) is 7.43. The van der Waals surface area contributed by atoms with Gasteiger partial charge in [0.25, 0.3) is 5.91 Å². The van der Waals surface area contributed by atoms with Gasteiger partial charge in [0, 0.05) is 55.3 Å². The maximum atomic E-state index is 13.0. The highest BCUT2D eigenvalue weighted by atomic mass is 16.5. The number of pyridine rings is 1. The summed E-state index contributed by atoms with van der Waals surface area (Å²) in [5.41, 5.74) is 4.24. The second-order valence-electron chi connectivity index (χ2n) is 10.1. The molecule has 0 saturated carbocycles. The summed E-state index contributed by atoms with van der Waals surface area (Å²) in [7, 11) is 2.13. The quantitative estimate of drug-likeness (QED) is 0.348. The molecule has 0 aliphatic carbocycles. The van der Waals surface area contributed by atoms with Gasteiger partial charge in [-0.05, 0) is 67.4 Å². The first-order valence-corrected chi connectivity index (χ1v) is 13.0. The van der Waals surface area contributed by atoms with Crippen LogP contribution >= 0.6 is 0 Å². The van der Waals surface area contributed by atoms with Crippen molar-refractivity contribution in [3.05, 3.63) is 89.5 Å². The van der Waals surface area contributed by atoms with Gasteiger partial charge in [0.1, 0.15) is 5.75 Å². The summed E-state index contributed by atoms with van der Waals surface area (Å²) in [4.78, 5) is 24.3. The van der Waals surface area contributed by atoms with Crippen molar-refractivity contribution < 1.29 is 9.53 Å². The minimum absolute atomic E-state index is 0.109. The molecule has 2 aliphatic rings. The van der Waals surface area contributed by atoms with E-state index in [4.69, 9.17) is 9.72 Å². The Bertz CT molecular complexity index is 1430. The van der Waals surface area contributed by atoms with E-state index in [1.165, 1.54) is 5.56 Å². The lowest BCUT2D eigenvalue weighted by Crippen LogP contribution is -2.46. The van der Waals surface area contributed by atoms with Gasteiger partial charge in [-0.25, -0.2) is 4.98 Å². The van der Waals surface area contributed by atoms with Gasteiger partial charge in [-0.15, -0.1) is 0 Å². The van der Waals surface area contributed by atoms with Crippen molar-refractivity contribution in [1.82, 2.24) is 30.4 Å². The summed E-state index contributed by atoms with van der Waals surface area (Å²) < 4.78 is 5.58. The molecule has 9 nitrogen and oxygen atoms in total. The molecule has 9 heteroatoms. The average molecular weight is 510 g/mol. The number of amides is 1. The molecule has 6 rings (SSSR count). The number of aromatic amines is 1. The number of anilines is 1. The average Bonchev–Trinajstić information content (AvgIpc) is 3.64. The van der Waals surface area contributed by atoms with Crippen molar-refractivity contribution >= 4 is 11.6 Å². The van der Waals surface area contributed by atoms with Crippen LogP contribution in [0.5, 0.6) is 5.75 Å². The van der Waals surface area contributed by atoms with E-state index in [1.54, 1.807) is 12.4 Å². The molecule has 2 aromatic carbocycles. The minimum atomic E-state index is -0.424. The van der Waals surface area contributed by atoms with Crippen molar-refractivity contribution in [2.75, 3.05) is 32.1 Å². The highest BCUT2D eigenvalue weighted by Gasteiger charge is 2.38. The number of benzene rings is 2. The molecule has 0 radical (unpaired) electrons. The van der Waals surface area contributed by atoms with Gasteiger partial charge < -0.3 is 20.3 Å². The van der Waals surface area contributed by atoms with E-state index in [0.717, 1.165) is 67.3 Å². The SMILES string of the molecule is CN1CCC(Nc2cccc(C(=O)NCc3ccc4c(c3)CCO4)c2)(c2nc(-c3ccncc3)n[nH]2)CC1. The number of carbonyl (C=O) groups is 1. The third-order valence-electron chi connectivity index (χ3n) is 7.43. The maximum Gasteiger partial charge on any atom is 0.251 e. The molecule has 0 atom stereocenters. The van der Waals surface area contributed by atoms with Crippen LogP contribution in [0.25, 0.3) is 11.4 Å². The van der Waals surface area contributed by atoms with Crippen LogP contribution in [0.15, 0.2) is 67.0 Å². The number of hydrogen-bond acceptors (Lipinski definition) is 7. The predicted octanol–water partition coefficient (Wildman–Crippen LogP) is 3.76. The van der Waals surface area contributed by atoms with Crippen molar-refractivity contribution in [3.8, 4) is 17.1 Å². The van der Waals surface area contributed by atoms with Gasteiger partial charge in [0.05, 0.1) is 12.1 Å². The molecule has 0 unspecified atom stereocenters. The van der Waals surface area contributed by atoms with Crippen LogP contribution in [0.1, 0.15) is 40.2 Å². The molecule has 2 aromatic heterocycles. The zero-order valence-electron chi connectivity index (χ0n) is 21.4. The number of nitrogens with one attached hydrogen (secondary N) is 3. The van der Waals surface area contributed by atoms with Crippen LogP contribution in [-0.4, -0.2) is 57.7 Å². The van der Waals surface area contributed by atoms with Crippen LogP contribution < -0.4 is 15.4 Å². The standard InChI is InChI=1S/C29H31N7O2/c1-36-14-10-29(11-15-36,28-32-26(34-35-28)21-7-12-30-13-8-21)33-24-4-2-3-23(18-24)27(37)31-19-20-5-6-25-22(17-20)9-16-38-25/h2-8,12-13,17-18,33H,9-11,14-16,19H2,1H3,(H,31,37)(H,32,34,35). The lowest BCUT2D eigenvalue weighted by molar-refractivity contribution is 0.0951. The molecular formula is C29H31N7O2. The predicted molar refractivity (Wildman–Crippen MR) is 145 cm³/mol. The molecule has 1 fully saturated rings. The highest BCUT2D eigenvalue weighted by molar-refractivity contribution is 5.95. The fraction of sp³-hybridized carbons (Fsp3) is 0.310. The summed E-state index contributed by atoms with van der Waals surface area (Å²) >= 11 is 0. The van der Waals surface area contributed by atoms with Gasteiger partial charge in [-0.3, -0.25) is 14.9 Å². The van der Waals surface area contributed by atoms with Crippen molar-refractivity contribution in [1.29, 1.82) is 0 Å². The normalized spacial score (nSPS) is 16.4. The highest BCUT2D eigenvalue weighted by Crippen LogP contribution is 2.35. The molecule has 38 heavy (non-hydrogen) atoms.